The van der Waals surface area contributed by atoms with Gasteiger partial charge in [0.2, 0.25) is 0 Å². The van der Waals surface area contributed by atoms with E-state index in [1.807, 2.05) is 30.3 Å². The van der Waals surface area contributed by atoms with Gasteiger partial charge in [-0.25, -0.2) is 0 Å². The Morgan fingerprint density at radius 3 is 2.89 bits per heavy atom. The van der Waals surface area contributed by atoms with Crippen LogP contribution < -0.4 is 9.75 Å². The predicted molar refractivity (Wildman–Crippen MR) is 111 cm³/mol. The molecule has 0 spiro atoms. The summed E-state index contributed by atoms with van der Waals surface area (Å²) in [5, 5.41) is 16.9. The number of nitrogens with zero attached hydrogens (tertiary/aromatic N) is 3. The van der Waals surface area contributed by atoms with Crippen molar-refractivity contribution in [3.8, 4) is 11.8 Å². The quantitative estimate of drug-likeness (QED) is 0.653. The van der Waals surface area contributed by atoms with E-state index in [9.17, 15) is 5.26 Å². The van der Waals surface area contributed by atoms with Gasteiger partial charge in [0.25, 0.3) is 0 Å². The molecule has 0 aromatic heterocycles. The molecule has 2 aromatic carbocycles. The monoisotopic (exact) mass is 389 g/mol. The average Bonchev–Trinajstić information content (AvgIpc) is 3.35. The van der Waals surface area contributed by atoms with E-state index in [2.05, 4.69) is 30.1 Å². The molecule has 2 aliphatic heterocycles. The summed E-state index contributed by atoms with van der Waals surface area (Å²) in [4.78, 5) is 0. The van der Waals surface area contributed by atoms with Crippen molar-refractivity contribution in [2.24, 2.45) is 11.0 Å². The van der Waals surface area contributed by atoms with Crippen molar-refractivity contribution in [2.75, 3.05) is 11.6 Å². The minimum Gasteiger partial charge on any atom is -0.492 e. The van der Waals surface area contributed by atoms with Gasteiger partial charge in [-0.15, -0.1) is 0 Å². The van der Waals surface area contributed by atoms with Crippen molar-refractivity contribution >= 4 is 23.0 Å². The first-order chi connectivity index (χ1) is 13.6. The van der Waals surface area contributed by atoms with Crippen LogP contribution in [-0.2, 0) is 0 Å². The Balaban J connectivity index is 1.68. The SMILES string of the molecule is CC1(C2=CCCC2)C2COc3ccccc3C2=NN1c1ccc(C#N)c(Cl)c1. The molecule has 1 aliphatic carbocycles. The summed E-state index contributed by atoms with van der Waals surface area (Å²) in [5.74, 6) is 1.03. The molecular weight excluding hydrogens is 370 g/mol. The van der Waals surface area contributed by atoms with Gasteiger partial charge >= 0.3 is 0 Å². The largest absolute Gasteiger partial charge is 0.492 e. The van der Waals surface area contributed by atoms with Crippen LogP contribution in [0.1, 0.15) is 37.3 Å². The Kier molecular flexibility index (Phi) is 3.96. The van der Waals surface area contributed by atoms with Gasteiger partial charge in [-0.2, -0.15) is 10.4 Å². The maximum absolute atomic E-state index is 9.23. The molecule has 0 bridgehead atoms. The van der Waals surface area contributed by atoms with Crippen LogP contribution in [-0.4, -0.2) is 17.9 Å². The molecule has 0 fully saturated rings. The summed E-state index contributed by atoms with van der Waals surface area (Å²) < 4.78 is 6.13. The third-order valence-corrected chi connectivity index (χ3v) is 6.55. The number of hydrazone groups is 1. The van der Waals surface area contributed by atoms with Gasteiger partial charge in [-0.3, -0.25) is 5.01 Å². The van der Waals surface area contributed by atoms with Gasteiger partial charge in [-0.1, -0.05) is 29.8 Å². The van der Waals surface area contributed by atoms with E-state index in [1.54, 1.807) is 6.07 Å². The Hall–Kier alpha value is -2.77. The molecule has 0 radical (unpaired) electrons. The third-order valence-electron chi connectivity index (χ3n) is 6.23. The summed E-state index contributed by atoms with van der Waals surface area (Å²) >= 11 is 6.36. The van der Waals surface area contributed by atoms with Crippen LogP contribution in [0.25, 0.3) is 0 Å². The highest BCUT2D eigenvalue weighted by Gasteiger charge is 2.53. The Labute approximate surface area is 169 Å². The van der Waals surface area contributed by atoms with Crippen molar-refractivity contribution in [3.63, 3.8) is 0 Å². The molecular formula is C23H20ClN3O. The topological polar surface area (TPSA) is 48.6 Å². The lowest BCUT2D eigenvalue weighted by atomic mass is 9.74. The maximum atomic E-state index is 9.23. The first-order valence-corrected chi connectivity index (χ1v) is 10.0. The maximum Gasteiger partial charge on any atom is 0.128 e. The van der Waals surface area contributed by atoms with Gasteiger partial charge in [0, 0.05) is 5.56 Å². The Bertz CT molecular complexity index is 1070. The average molecular weight is 390 g/mol. The van der Waals surface area contributed by atoms with Crippen LogP contribution in [0.15, 0.2) is 59.2 Å². The second-order valence-electron chi connectivity index (χ2n) is 7.70. The van der Waals surface area contributed by atoms with Gasteiger partial charge < -0.3 is 4.74 Å². The molecule has 28 heavy (non-hydrogen) atoms. The summed E-state index contributed by atoms with van der Waals surface area (Å²) in [5.41, 5.74) is 4.60. The number of anilines is 1. The molecule has 140 valence electrons. The molecule has 0 saturated heterocycles. The predicted octanol–water partition coefficient (Wildman–Crippen LogP) is 5.31. The fourth-order valence-electron chi connectivity index (χ4n) is 4.70. The fourth-order valence-corrected chi connectivity index (χ4v) is 4.91. The van der Waals surface area contributed by atoms with Gasteiger partial charge in [0.1, 0.15) is 11.8 Å². The zero-order valence-corrected chi connectivity index (χ0v) is 16.4. The van der Waals surface area contributed by atoms with Crippen LogP contribution >= 0.6 is 11.6 Å². The van der Waals surface area contributed by atoms with E-state index >= 15 is 0 Å². The number of halogens is 1. The number of hydrogen-bond acceptors (Lipinski definition) is 4. The standard InChI is InChI=1S/C23H20ClN3O/c1-23(16-6-2-3-7-16)19-14-28-21-9-5-4-8-18(21)22(19)26-27(23)17-11-10-15(13-25)20(24)12-17/h4-6,8-12,19H,2-3,7,14H2,1H3. The summed E-state index contributed by atoms with van der Waals surface area (Å²) in [6, 6.07) is 15.8. The third kappa shape index (κ3) is 2.40. The molecule has 0 saturated carbocycles. The minimum absolute atomic E-state index is 0.140. The molecule has 2 aromatic rings. The number of benzene rings is 2. The summed E-state index contributed by atoms with van der Waals surface area (Å²) in [7, 11) is 0. The smallest absolute Gasteiger partial charge is 0.128 e. The van der Waals surface area contributed by atoms with E-state index in [0.29, 0.717) is 17.2 Å². The molecule has 0 N–H and O–H groups in total. The second kappa shape index (κ2) is 6.39. The van der Waals surface area contributed by atoms with E-state index in [4.69, 9.17) is 21.4 Å². The highest BCUT2D eigenvalue weighted by molar-refractivity contribution is 6.32. The number of nitriles is 1. The minimum atomic E-state index is -0.309. The highest BCUT2D eigenvalue weighted by Crippen LogP contribution is 2.49. The lowest BCUT2D eigenvalue weighted by Crippen LogP contribution is -2.51. The molecule has 3 aliphatic rings. The molecule has 5 heteroatoms. The summed E-state index contributed by atoms with van der Waals surface area (Å²) in [6.45, 7) is 2.86. The molecule has 0 amide bonds. The van der Waals surface area contributed by atoms with Crippen molar-refractivity contribution in [1.29, 1.82) is 5.26 Å². The van der Waals surface area contributed by atoms with Crippen LogP contribution in [0.3, 0.4) is 0 Å². The molecule has 2 atom stereocenters. The van der Waals surface area contributed by atoms with E-state index < -0.39 is 0 Å². The molecule has 2 heterocycles. The lowest BCUT2D eigenvalue weighted by Gasteiger charge is -2.41. The normalized spacial score (nSPS) is 25.3. The van der Waals surface area contributed by atoms with Crippen LogP contribution in [0.2, 0.25) is 5.02 Å². The zero-order valence-electron chi connectivity index (χ0n) is 15.7. The molecule has 2 unspecified atom stereocenters. The number of para-hydroxylation sites is 1. The van der Waals surface area contributed by atoms with Crippen molar-refractivity contribution in [3.05, 3.63) is 70.3 Å². The Morgan fingerprint density at radius 2 is 2.14 bits per heavy atom. The van der Waals surface area contributed by atoms with E-state index in [-0.39, 0.29) is 11.5 Å². The number of ether oxygens (including phenoxy) is 1. The second-order valence-corrected chi connectivity index (χ2v) is 8.11. The molecule has 4 nitrogen and oxygen atoms in total. The zero-order chi connectivity index (χ0) is 19.3. The number of fused-ring (bicyclic) bond motifs is 3. The van der Waals surface area contributed by atoms with Crippen molar-refractivity contribution in [2.45, 2.75) is 31.7 Å². The number of allylic oxidation sites excluding steroid dienone is 1. The summed E-state index contributed by atoms with van der Waals surface area (Å²) in [6.07, 6.45) is 5.70. The van der Waals surface area contributed by atoms with Gasteiger partial charge in [0.15, 0.2) is 0 Å². The van der Waals surface area contributed by atoms with Crippen LogP contribution in [0.4, 0.5) is 5.69 Å². The molecule has 5 rings (SSSR count). The van der Waals surface area contributed by atoms with Crippen LogP contribution in [0.5, 0.6) is 5.75 Å². The van der Waals surface area contributed by atoms with Gasteiger partial charge in [0.05, 0.1) is 40.0 Å². The fraction of sp³-hybridized carbons (Fsp3) is 0.304. The first kappa shape index (κ1) is 17.3. The van der Waals surface area contributed by atoms with Crippen molar-refractivity contribution in [1.82, 2.24) is 0 Å². The Morgan fingerprint density at radius 1 is 1.29 bits per heavy atom. The van der Waals surface area contributed by atoms with E-state index in [0.717, 1.165) is 35.6 Å². The lowest BCUT2D eigenvalue weighted by molar-refractivity contribution is 0.235. The first-order valence-electron chi connectivity index (χ1n) is 9.63. The van der Waals surface area contributed by atoms with Crippen molar-refractivity contribution < 1.29 is 4.74 Å². The highest BCUT2D eigenvalue weighted by atomic mass is 35.5. The number of hydrogen-bond donors (Lipinski definition) is 0. The van der Waals surface area contributed by atoms with Crippen LogP contribution in [0, 0.1) is 17.2 Å². The van der Waals surface area contributed by atoms with Gasteiger partial charge in [-0.05, 0) is 62.1 Å². The van der Waals surface area contributed by atoms with E-state index in [1.165, 1.54) is 12.0 Å². The number of rotatable bonds is 2.